The minimum absolute atomic E-state index is 0.0222. The summed E-state index contributed by atoms with van der Waals surface area (Å²) in [7, 11) is 1.92. The molecule has 0 N–H and O–H groups in total. The zero-order valence-electron chi connectivity index (χ0n) is 16.2. The Hall–Kier alpha value is -2.69. The molecule has 1 aromatic carbocycles. The van der Waals surface area contributed by atoms with Gasteiger partial charge in [-0.05, 0) is 32.8 Å². The first-order valence-electron chi connectivity index (χ1n) is 9.66. The Kier molecular flexibility index (Phi) is 4.68. The summed E-state index contributed by atoms with van der Waals surface area (Å²) in [6, 6.07) is 10.3. The second-order valence-corrected chi connectivity index (χ2v) is 7.58. The third kappa shape index (κ3) is 3.34. The lowest BCUT2D eigenvalue weighted by molar-refractivity contribution is 0.0698. The number of aromatic nitrogens is 2. The van der Waals surface area contributed by atoms with E-state index in [2.05, 4.69) is 10.1 Å². The summed E-state index contributed by atoms with van der Waals surface area (Å²) in [5, 5.41) is 4.77. The van der Waals surface area contributed by atoms with Crippen molar-refractivity contribution >= 4 is 17.0 Å². The summed E-state index contributed by atoms with van der Waals surface area (Å²) in [5.74, 6) is 0.0222. The van der Waals surface area contributed by atoms with Crippen molar-refractivity contribution in [2.75, 3.05) is 7.05 Å². The molecule has 140 valence electrons. The van der Waals surface area contributed by atoms with Gasteiger partial charge in [0.05, 0.1) is 22.3 Å². The van der Waals surface area contributed by atoms with Crippen LogP contribution in [0.1, 0.15) is 53.7 Å². The third-order valence-electron chi connectivity index (χ3n) is 5.64. The molecule has 0 bridgehead atoms. The Balaban J connectivity index is 1.79. The van der Waals surface area contributed by atoms with Crippen molar-refractivity contribution in [3.8, 4) is 11.3 Å². The second-order valence-electron chi connectivity index (χ2n) is 7.58. The van der Waals surface area contributed by atoms with Gasteiger partial charge in [0.2, 0.25) is 0 Å². The maximum absolute atomic E-state index is 13.4. The van der Waals surface area contributed by atoms with Crippen molar-refractivity contribution in [3.05, 3.63) is 47.2 Å². The fourth-order valence-corrected chi connectivity index (χ4v) is 3.96. The fourth-order valence-electron chi connectivity index (χ4n) is 3.96. The Morgan fingerprint density at radius 2 is 1.81 bits per heavy atom. The predicted molar refractivity (Wildman–Crippen MR) is 106 cm³/mol. The number of hydrogen-bond acceptors (Lipinski definition) is 4. The van der Waals surface area contributed by atoms with Crippen LogP contribution in [-0.4, -0.2) is 34.0 Å². The molecule has 0 saturated heterocycles. The van der Waals surface area contributed by atoms with Crippen LogP contribution in [0.25, 0.3) is 22.4 Å². The number of nitrogens with zero attached hydrogens (tertiary/aromatic N) is 3. The van der Waals surface area contributed by atoms with Gasteiger partial charge in [0.15, 0.2) is 0 Å². The summed E-state index contributed by atoms with van der Waals surface area (Å²) in [6.45, 7) is 3.91. The zero-order valence-corrected chi connectivity index (χ0v) is 16.2. The lowest BCUT2D eigenvalue weighted by atomic mass is 9.94. The van der Waals surface area contributed by atoms with Crippen LogP contribution in [0, 0.1) is 13.8 Å². The number of carbonyl (C=O) groups is 1. The first-order chi connectivity index (χ1) is 13.0. The third-order valence-corrected chi connectivity index (χ3v) is 5.64. The van der Waals surface area contributed by atoms with E-state index in [4.69, 9.17) is 4.52 Å². The van der Waals surface area contributed by atoms with Gasteiger partial charge in [0.25, 0.3) is 11.6 Å². The molecular weight excluding hydrogens is 338 g/mol. The largest absolute Gasteiger partial charge is 0.339 e. The van der Waals surface area contributed by atoms with E-state index >= 15 is 0 Å². The smallest absolute Gasteiger partial charge is 0.259 e. The van der Waals surface area contributed by atoms with Crippen molar-refractivity contribution in [1.29, 1.82) is 0 Å². The van der Waals surface area contributed by atoms with E-state index < -0.39 is 0 Å². The van der Waals surface area contributed by atoms with Crippen molar-refractivity contribution < 1.29 is 9.32 Å². The van der Waals surface area contributed by atoms with Gasteiger partial charge in [-0.25, -0.2) is 4.98 Å². The maximum atomic E-state index is 13.4. The Bertz CT molecular complexity index is 969. The van der Waals surface area contributed by atoms with E-state index in [9.17, 15) is 4.79 Å². The number of rotatable bonds is 3. The molecule has 0 radical (unpaired) electrons. The molecule has 1 amide bonds. The number of fused-ring (bicyclic) bond motifs is 1. The quantitative estimate of drug-likeness (QED) is 0.663. The van der Waals surface area contributed by atoms with Crippen LogP contribution in [0.2, 0.25) is 0 Å². The average Bonchev–Trinajstić information content (AvgIpc) is 3.08. The summed E-state index contributed by atoms with van der Waals surface area (Å²) >= 11 is 0. The molecule has 0 aliphatic heterocycles. The SMILES string of the molecule is Cc1ccc(-c2cc(C(=O)N(C)C3CCCCC3)c3c(C)noc3n2)cc1. The number of aryl methyl sites for hydroxylation is 2. The van der Waals surface area contributed by atoms with Crippen molar-refractivity contribution in [2.24, 2.45) is 0 Å². The lowest BCUT2D eigenvalue weighted by Crippen LogP contribution is -2.38. The van der Waals surface area contributed by atoms with Crippen LogP contribution >= 0.6 is 0 Å². The van der Waals surface area contributed by atoms with Crippen molar-refractivity contribution in [2.45, 2.75) is 52.0 Å². The summed E-state index contributed by atoms with van der Waals surface area (Å²) < 4.78 is 5.42. The van der Waals surface area contributed by atoms with Crippen LogP contribution in [0.5, 0.6) is 0 Å². The molecule has 2 aromatic heterocycles. The van der Waals surface area contributed by atoms with E-state index in [1.165, 1.54) is 24.8 Å². The molecule has 5 nitrogen and oxygen atoms in total. The van der Waals surface area contributed by atoms with Gasteiger partial charge < -0.3 is 9.42 Å². The van der Waals surface area contributed by atoms with Crippen LogP contribution in [0.4, 0.5) is 0 Å². The summed E-state index contributed by atoms with van der Waals surface area (Å²) in [4.78, 5) is 19.9. The number of benzene rings is 1. The highest BCUT2D eigenvalue weighted by Crippen LogP contribution is 2.30. The standard InChI is InChI=1S/C22H25N3O2/c1-14-9-11-16(12-10-14)19-13-18(20-15(2)24-27-21(20)23-19)22(26)25(3)17-7-5-4-6-8-17/h9-13,17H,4-8H2,1-3H3. The number of amides is 1. The van der Waals surface area contributed by atoms with Crippen LogP contribution < -0.4 is 0 Å². The van der Waals surface area contributed by atoms with Crippen molar-refractivity contribution in [1.82, 2.24) is 15.0 Å². The van der Waals surface area contributed by atoms with Gasteiger partial charge in [-0.3, -0.25) is 4.79 Å². The lowest BCUT2D eigenvalue weighted by Gasteiger charge is -2.31. The molecule has 0 spiro atoms. The zero-order chi connectivity index (χ0) is 19.0. The van der Waals surface area contributed by atoms with Gasteiger partial charge in [-0.15, -0.1) is 0 Å². The van der Waals surface area contributed by atoms with Gasteiger partial charge in [-0.2, -0.15) is 0 Å². The topological polar surface area (TPSA) is 59.2 Å². The van der Waals surface area contributed by atoms with E-state index in [0.29, 0.717) is 23.0 Å². The average molecular weight is 363 g/mol. The first kappa shape index (κ1) is 17.7. The van der Waals surface area contributed by atoms with E-state index in [0.717, 1.165) is 29.5 Å². The highest BCUT2D eigenvalue weighted by molar-refractivity contribution is 6.07. The summed E-state index contributed by atoms with van der Waals surface area (Å²) in [5.41, 5.74) is 4.63. The van der Waals surface area contributed by atoms with Gasteiger partial charge in [0, 0.05) is 18.7 Å². The van der Waals surface area contributed by atoms with E-state index in [-0.39, 0.29) is 5.91 Å². The maximum Gasteiger partial charge on any atom is 0.259 e. The molecule has 3 aromatic rings. The molecule has 2 heterocycles. The molecule has 1 saturated carbocycles. The molecule has 5 heteroatoms. The Morgan fingerprint density at radius 3 is 2.52 bits per heavy atom. The van der Waals surface area contributed by atoms with E-state index in [1.807, 2.05) is 56.1 Å². The molecule has 1 fully saturated rings. The molecular formula is C22H25N3O2. The predicted octanol–water partition coefficient (Wildman–Crippen LogP) is 4.91. The molecule has 0 atom stereocenters. The van der Waals surface area contributed by atoms with Crippen molar-refractivity contribution in [3.63, 3.8) is 0 Å². The monoisotopic (exact) mass is 363 g/mol. The molecule has 1 aliphatic carbocycles. The van der Waals surface area contributed by atoms with Crippen LogP contribution in [0.15, 0.2) is 34.9 Å². The highest BCUT2D eigenvalue weighted by atomic mass is 16.5. The number of carbonyl (C=O) groups excluding carboxylic acids is 1. The minimum atomic E-state index is 0.0222. The Morgan fingerprint density at radius 1 is 1.11 bits per heavy atom. The van der Waals surface area contributed by atoms with Crippen LogP contribution in [0.3, 0.4) is 0 Å². The Labute approximate surface area is 159 Å². The summed E-state index contributed by atoms with van der Waals surface area (Å²) in [6.07, 6.45) is 5.79. The van der Waals surface area contributed by atoms with Gasteiger partial charge in [-0.1, -0.05) is 54.2 Å². The van der Waals surface area contributed by atoms with Gasteiger partial charge in [0.1, 0.15) is 0 Å². The molecule has 1 aliphatic rings. The first-order valence-corrected chi connectivity index (χ1v) is 9.66. The fraction of sp³-hybridized carbons (Fsp3) is 0.409. The molecule has 4 rings (SSSR count). The minimum Gasteiger partial charge on any atom is -0.339 e. The highest BCUT2D eigenvalue weighted by Gasteiger charge is 2.26. The molecule has 27 heavy (non-hydrogen) atoms. The number of hydrogen-bond donors (Lipinski definition) is 0. The molecule has 0 unspecified atom stereocenters. The number of pyridine rings is 1. The second kappa shape index (κ2) is 7.14. The van der Waals surface area contributed by atoms with Crippen LogP contribution in [-0.2, 0) is 0 Å². The van der Waals surface area contributed by atoms with E-state index in [1.54, 1.807) is 0 Å². The normalized spacial score (nSPS) is 15.2. The van der Waals surface area contributed by atoms with Gasteiger partial charge >= 0.3 is 0 Å².